The molecule has 70 valence electrons. The van der Waals surface area contributed by atoms with Gasteiger partial charge in [0.15, 0.2) is 0 Å². The van der Waals surface area contributed by atoms with Crippen molar-refractivity contribution in [3.8, 4) is 0 Å². The monoisotopic (exact) mass is 190 g/mol. The first-order chi connectivity index (χ1) is 5.47. The van der Waals surface area contributed by atoms with Gasteiger partial charge in [-0.1, -0.05) is 26.5 Å². The van der Waals surface area contributed by atoms with Gasteiger partial charge in [-0.3, -0.25) is 4.57 Å². The fourth-order valence-electron chi connectivity index (χ4n) is 1.09. The van der Waals surface area contributed by atoms with Crippen molar-refractivity contribution in [1.82, 2.24) is 0 Å². The largest absolute Gasteiger partial charge is 0.352 e. The van der Waals surface area contributed by atoms with Gasteiger partial charge in [0.2, 0.25) is 0 Å². The van der Waals surface area contributed by atoms with Crippen LogP contribution in [0.5, 0.6) is 0 Å². The van der Waals surface area contributed by atoms with Gasteiger partial charge in [-0.05, 0) is 18.4 Å². The number of allylic oxidation sites excluding steroid dienone is 3. The summed E-state index contributed by atoms with van der Waals surface area (Å²) in [5.74, 6) is 0. The van der Waals surface area contributed by atoms with Gasteiger partial charge >= 0.3 is 7.60 Å². The average molecular weight is 190 g/mol. The lowest BCUT2D eigenvalue weighted by molar-refractivity contribution is 0.380. The summed E-state index contributed by atoms with van der Waals surface area (Å²) in [5, 5.41) is 0.208. The second-order valence-electron chi connectivity index (χ2n) is 2.43. The molecule has 12 heavy (non-hydrogen) atoms. The first kappa shape index (κ1) is 11.6. The second-order valence-corrected chi connectivity index (χ2v) is 4.06. The minimum Gasteiger partial charge on any atom is -0.321 e. The first-order valence-electron chi connectivity index (χ1n) is 3.87. The number of hydrogen-bond acceptors (Lipinski definition) is 1. The summed E-state index contributed by atoms with van der Waals surface area (Å²) in [5.41, 5.74) is 0.658. The number of hydrogen-bond donors (Lipinski definition) is 2. The van der Waals surface area contributed by atoms with E-state index in [1.54, 1.807) is 6.92 Å². The number of rotatable bonds is 4. The van der Waals surface area contributed by atoms with Crippen LogP contribution in [0.2, 0.25) is 0 Å². The molecule has 0 spiro atoms. The van der Waals surface area contributed by atoms with Crippen LogP contribution < -0.4 is 0 Å². The molecule has 0 aliphatic carbocycles. The zero-order valence-electron chi connectivity index (χ0n) is 7.45. The molecular weight excluding hydrogens is 175 g/mol. The smallest absolute Gasteiger partial charge is 0.321 e. The summed E-state index contributed by atoms with van der Waals surface area (Å²) in [4.78, 5) is 17.8. The third-order valence-electron chi connectivity index (χ3n) is 1.68. The fraction of sp³-hybridized carbons (Fsp3) is 0.500. The Morgan fingerprint density at radius 3 is 2.00 bits per heavy atom. The molecule has 0 heterocycles. The van der Waals surface area contributed by atoms with Crippen LogP contribution in [0.15, 0.2) is 23.5 Å². The summed E-state index contributed by atoms with van der Waals surface area (Å²) in [6.07, 6.45) is 2.50. The van der Waals surface area contributed by atoms with Crippen molar-refractivity contribution >= 4 is 7.60 Å². The Balaban J connectivity index is 5.10. The molecule has 2 N–H and O–H groups in total. The molecule has 0 aromatic rings. The van der Waals surface area contributed by atoms with Crippen LogP contribution in [0.25, 0.3) is 0 Å². The molecule has 0 unspecified atom stereocenters. The molecule has 0 amide bonds. The normalized spacial score (nSPS) is 14.0. The van der Waals surface area contributed by atoms with Gasteiger partial charge in [0.25, 0.3) is 0 Å². The van der Waals surface area contributed by atoms with Crippen molar-refractivity contribution in [2.24, 2.45) is 0 Å². The van der Waals surface area contributed by atoms with E-state index >= 15 is 0 Å². The molecule has 0 bridgehead atoms. The predicted molar refractivity (Wildman–Crippen MR) is 49.8 cm³/mol. The molecule has 0 atom stereocenters. The van der Waals surface area contributed by atoms with Gasteiger partial charge < -0.3 is 9.79 Å². The van der Waals surface area contributed by atoms with Gasteiger partial charge in [0.1, 0.15) is 0 Å². The molecule has 3 nitrogen and oxygen atoms in total. The molecule has 0 saturated carbocycles. The molecule has 0 radical (unpaired) electrons. The van der Waals surface area contributed by atoms with Gasteiger partial charge in [-0.15, -0.1) is 0 Å². The molecule has 0 saturated heterocycles. The molecule has 0 aromatic carbocycles. The van der Waals surface area contributed by atoms with E-state index in [1.807, 2.05) is 6.92 Å². The summed E-state index contributed by atoms with van der Waals surface area (Å²) in [6.45, 7) is 7.09. The topological polar surface area (TPSA) is 57.5 Å². The average Bonchev–Trinajstić information content (AvgIpc) is 1.97. The van der Waals surface area contributed by atoms with E-state index in [2.05, 4.69) is 6.58 Å². The predicted octanol–water partition coefficient (Wildman–Crippen LogP) is 2.42. The van der Waals surface area contributed by atoms with Crippen LogP contribution in [-0.4, -0.2) is 9.79 Å². The molecular formula is C8H15O3P. The van der Waals surface area contributed by atoms with Crippen LogP contribution in [0.1, 0.15) is 26.7 Å². The SMILES string of the molecule is C=CC(CC)=C(CC)P(=O)(O)O. The third kappa shape index (κ3) is 2.94. The molecule has 0 aromatic heterocycles. The Morgan fingerprint density at radius 2 is 1.92 bits per heavy atom. The lowest BCUT2D eigenvalue weighted by Crippen LogP contribution is -1.89. The highest BCUT2D eigenvalue weighted by atomic mass is 31.2. The summed E-state index contributed by atoms with van der Waals surface area (Å²) in [6, 6.07) is 0. The fourth-order valence-corrected chi connectivity index (χ4v) is 2.12. The molecule has 0 aliphatic rings. The van der Waals surface area contributed by atoms with Crippen molar-refractivity contribution in [2.45, 2.75) is 26.7 Å². The Labute approximate surface area is 73.0 Å². The maximum absolute atomic E-state index is 10.9. The Kier molecular flexibility index (Phi) is 4.46. The van der Waals surface area contributed by atoms with E-state index in [1.165, 1.54) is 6.08 Å². The van der Waals surface area contributed by atoms with Crippen molar-refractivity contribution < 1.29 is 14.4 Å². The van der Waals surface area contributed by atoms with E-state index in [-0.39, 0.29) is 5.31 Å². The van der Waals surface area contributed by atoms with Crippen molar-refractivity contribution in [1.29, 1.82) is 0 Å². The van der Waals surface area contributed by atoms with Crippen LogP contribution in [-0.2, 0) is 4.57 Å². The lowest BCUT2D eigenvalue weighted by Gasteiger charge is -2.10. The van der Waals surface area contributed by atoms with E-state index in [0.29, 0.717) is 18.4 Å². The first-order valence-corrected chi connectivity index (χ1v) is 5.49. The highest BCUT2D eigenvalue weighted by Gasteiger charge is 2.21. The van der Waals surface area contributed by atoms with E-state index in [0.717, 1.165) is 0 Å². The van der Waals surface area contributed by atoms with Gasteiger partial charge in [-0.25, -0.2) is 0 Å². The zero-order chi connectivity index (χ0) is 9.78. The Hall–Kier alpha value is -0.370. The molecule has 0 rings (SSSR count). The van der Waals surface area contributed by atoms with Crippen molar-refractivity contribution in [2.75, 3.05) is 0 Å². The second kappa shape index (κ2) is 4.61. The zero-order valence-corrected chi connectivity index (χ0v) is 8.34. The van der Waals surface area contributed by atoms with Crippen molar-refractivity contribution in [3.05, 3.63) is 23.5 Å². The maximum Gasteiger partial charge on any atom is 0.352 e. The minimum atomic E-state index is -4.06. The van der Waals surface area contributed by atoms with Crippen LogP contribution in [0.3, 0.4) is 0 Å². The van der Waals surface area contributed by atoms with Gasteiger partial charge in [-0.2, -0.15) is 0 Å². The van der Waals surface area contributed by atoms with Crippen LogP contribution in [0, 0.1) is 0 Å². The van der Waals surface area contributed by atoms with Gasteiger partial charge in [0.05, 0.1) is 0 Å². The summed E-state index contributed by atoms with van der Waals surface area (Å²) >= 11 is 0. The quantitative estimate of drug-likeness (QED) is 0.528. The molecule has 0 aliphatic heterocycles. The standard InChI is InChI=1S/C8H15O3P/c1-4-7(5-2)8(6-3)12(9,10)11/h4H,1,5-6H2,2-3H3,(H2,9,10,11). The molecule has 0 fully saturated rings. The Bertz CT molecular complexity index is 237. The minimum absolute atomic E-state index is 0.208. The summed E-state index contributed by atoms with van der Waals surface area (Å²) < 4.78 is 10.9. The summed E-state index contributed by atoms with van der Waals surface area (Å²) in [7, 11) is -4.06. The van der Waals surface area contributed by atoms with Crippen molar-refractivity contribution in [3.63, 3.8) is 0 Å². The van der Waals surface area contributed by atoms with Gasteiger partial charge in [0, 0.05) is 5.31 Å². The Morgan fingerprint density at radius 1 is 1.42 bits per heavy atom. The third-order valence-corrected chi connectivity index (χ3v) is 2.99. The van der Waals surface area contributed by atoms with Crippen LogP contribution in [0.4, 0.5) is 0 Å². The molecule has 4 heteroatoms. The highest BCUT2D eigenvalue weighted by Crippen LogP contribution is 2.48. The van der Waals surface area contributed by atoms with Crippen LogP contribution >= 0.6 is 7.60 Å². The van der Waals surface area contributed by atoms with E-state index < -0.39 is 7.60 Å². The van der Waals surface area contributed by atoms with E-state index in [9.17, 15) is 4.57 Å². The highest BCUT2D eigenvalue weighted by molar-refractivity contribution is 7.56. The van der Waals surface area contributed by atoms with E-state index in [4.69, 9.17) is 9.79 Å². The lowest BCUT2D eigenvalue weighted by atomic mass is 10.2. The maximum atomic E-state index is 10.9.